The van der Waals surface area contributed by atoms with Gasteiger partial charge in [0.1, 0.15) is 0 Å². The third-order valence-corrected chi connectivity index (χ3v) is 18.7. The molecule has 0 bridgehead atoms. The second kappa shape index (κ2) is 21.5. The highest BCUT2D eigenvalue weighted by molar-refractivity contribution is 6.00. The van der Waals surface area contributed by atoms with Crippen LogP contribution in [0.25, 0.3) is 77.5 Å². The summed E-state index contributed by atoms with van der Waals surface area (Å²) < 4.78 is 0. The Kier molecular flexibility index (Phi) is 12.8. The van der Waals surface area contributed by atoms with E-state index in [2.05, 4.69) is 363 Å². The summed E-state index contributed by atoms with van der Waals surface area (Å²) in [7, 11) is 0. The summed E-state index contributed by atoms with van der Waals surface area (Å²) in [6.07, 6.45) is 0. The first-order valence-electron chi connectivity index (χ1n) is 30.6. The molecule has 0 aromatic heterocycles. The van der Waals surface area contributed by atoms with E-state index >= 15 is 0 Å². The maximum Gasteiger partial charge on any atom is 0.0717 e. The highest BCUT2D eigenvalue weighted by Crippen LogP contribution is 2.64. The smallest absolute Gasteiger partial charge is 0.0717 e. The van der Waals surface area contributed by atoms with Crippen molar-refractivity contribution in [1.29, 1.82) is 0 Å². The first-order valence-corrected chi connectivity index (χ1v) is 30.6. The molecule has 0 aliphatic heterocycles. The maximum absolute atomic E-state index is 2.51. The van der Waals surface area contributed by atoms with Crippen LogP contribution in [0.2, 0.25) is 0 Å². The summed E-state index contributed by atoms with van der Waals surface area (Å²) >= 11 is 0. The zero-order chi connectivity index (χ0) is 58.8. The van der Waals surface area contributed by atoms with Crippen molar-refractivity contribution >= 4 is 44.9 Å². The van der Waals surface area contributed by atoms with Gasteiger partial charge in [-0.05, 0) is 196 Å². The zero-order valence-electron chi connectivity index (χ0n) is 49.2. The third-order valence-electron chi connectivity index (χ3n) is 18.7. The van der Waals surface area contributed by atoms with E-state index in [1.54, 1.807) is 0 Å². The van der Waals surface area contributed by atoms with Gasteiger partial charge in [0.05, 0.1) is 5.41 Å². The molecule has 0 unspecified atom stereocenters. The molecule has 2 nitrogen and oxygen atoms in total. The average molecular weight is 1120 g/mol. The van der Waals surface area contributed by atoms with Crippen LogP contribution in [0.15, 0.2) is 340 Å². The molecule has 16 rings (SSSR count). The predicted molar refractivity (Wildman–Crippen MR) is 370 cm³/mol. The van der Waals surface area contributed by atoms with Gasteiger partial charge in [-0.25, -0.2) is 0 Å². The van der Waals surface area contributed by atoms with Crippen molar-refractivity contribution < 1.29 is 0 Å². The minimum Gasteiger partial charge on any atom is -0.310 e. The monoisotopic (exact) mass is 1120 g/mol. The summed E-state index contributed by atoms with van der Waals surface area (Å²) in [6, 6.07) is 126. The lowest BCUT2D eigenvalue weighted by Gasteiger charge is -2.38. The highest BCUT2D eigenvalue weighted by Gasteiger charge is 2.52. The molecule has 88 heavy (non-hydrogen) atoms. The lowest BCUT2D eigenvalue weighted by molar-refractivity contribution is 0.634. The van der Waals surface area contributed by atoms with E-state index in [1.807, 2.05) is 0 Å². The normalized spacial score (nSPS) is 13.1. The number of nitrogens with zero attached hydrogens (tertiary/aromatic N) is 2. The Bertz CT molecular complexity index is 4640. The number of hydrogen-bond acceptors (Lipinski definition) is 2. The van der Waals surface area contributed by atoms with E-state index in [4.69, 9.17) is 0 Å². The molecule has 0 radical (unpaired) electrons. The minimum absolute atomic E-state index is 0.396. The van der Waals surface area contributed by atoms with Crippen molar-refractivity contribution in [2.45, 2.75) is 24.7 Å². The van der Waals surface area contributed by atoms with Crippen LogP contribution in [0.4, 0.5) is 34.1 Å². The summed E-state index contributed by atoms with van der Waals surface area (Å²) in [5.74, 6) is 0. The van der Waals surface area contributed by atoms with Gasteiger partial charge in [-0.1, -0.05) is 269 Å². The van der Waals surface area contributed by atoms with Crippen LogP contribution in [0.3, 0.4) is 0 Å². The van der Waals surface area contributed by atoms with E-state index in [0.29, 0.717) is 0 Å². The quantitative estimate of drug-likeness (QED) is 0.120. The molecule has 0 N–H and O–H groups in total. The summed E-state index contributed by atoms with van der Waals surface area (Å²) in [5.41, 5.74) is 28.0. The lowest BCUT2D eigenvalue weighted by atomic mass is 9.64. The Morgan fingerprint density at radius 3 is 0.932 bits per heavy atom. The molecule has 0 saturated heterocycles. The number of benzene rings is 14. The van der Waals surface area contributed by atoms with Gasteiger partial charge in [-0.3, -0.25) is 0 Å². The largest absolute Gasteiger partial charge is 0.310 e. The van der Waals surface area contributed by atoms with Crippen molar-refractivity contribution in [3.63, 3.8) is 0 Å². The Morgan fingerprint density at radius 2 is 0.534 bits per heavy atom. The van der Waals surface area contributed by atoms with E-state index < -0.39 is 10.8 Å². The van der Waals surface area contributed by atoms with Crippen molar-refractivity contribution in [1.82, 2.24) is 0 Å². The molecule has 14 aromatic carbocycles. The van der Waals surface area contributed by atoms with Crippen molar-refractivity contribution in [3.05, 3.63) is 373 Å². The number of anilines is 6. The van der Waals surface area contributed by atoms with Crippen LogP contribution in [0.5, 0.6) is 0 Å². The molecule has 0 amide bonds. The average Bonchev–Trinajstić information content (AvgIpc) is 1.51. The molecule has 2 aliphatic carbocycles. The second-order valence-electron chi connectivity index (χ2n) is 24.0. The number of hydrogen-bond donors (Lipinski definition) is 0. The Labute approximate surface area is 516 Å². The number of rotatable bonds is 12. The molecular weight excluding hydrogens is 1060 g/mol. The summed E-state index contributed by atoms with van der Waals surface area (Å²) in [4.78, 5) is 4.85. The Morgan fingerprint density at radius 1 is 0.216 bits per heavy atom. The Hall–Kier alpha value is -11.1. The van der Waals surface area contributed by atoms with Crippen LogP contribution in [0.1, 0.15) is 47.2 Å². The van der Waals surface area contributed by atoms with E-state index in [9.17, 15) is 0 Å². The first-order chi connectivity index (χ1) is 43.4. The molecule has 416 valence electrons. The van der Waals surface area contributed by atoms with Gasteiger partial charge in [-0.2, -0.15) is 0 Å². The van der Waals surface area contributed by atoms with Gasteiger partial charge >= 0.3 is 0 Å². The number of fused-ring (bicyclic) bond motifs is 8. The molecule has 0 heterocycles. The van der Waals surface area contributed by atoms with Gasteiger partial charge in [0.25, 0.3) is 0 Å². The molecule has 2 aliphatic rings. The van der Waals surface area contributed by atoms with E-state index in [1.165, 1.54) is 111 Å². The van der Waals surface area contributed by atoms with Gasteiger partial charge in [-0.15, -0.1) is 0 Å². The van der Waals surface area contributed by atoms with E-state index in [0.717, 1.165) is 34.1 Å². The topological polar surface area (TPSA) is 6.48 Å². The highest BCUT2D eigenvalue weighted by atomic mass is 15.1. The zero-order valence-corrected chi connectivity index (χ0v) is 49.2. The van der Waals surface area contributed by atoms with Crippen LogP contribution in [-0.2, 0) is 10.8 Å². The third kappa shape index (κ3) is 8.79. The molecule has 0 atom stereocenters. The fraction of sp³-hybridized carbons (Fsp3) is 0.0465. The molecule has 14 aromatic rings. The molecule has 0 saturated carbocycles. The maximum atomic E-state index is 2.51. The summed E-state index contributed by atoms with van der Waals surface area (Å²) in [5, 5.41) is 2.42. The van der Waals surface area contributed by atoms with Crippen molar-refractivity contribution in [2.24, 2.45) is 0 Å². The fourth-order valence-electron chi connectivity index (χ4n) is 14.5. The fourth-order valence-corrected chi connectivity index (χ4v) is 14.5. The van der Waals surface area contributed by atoms with E-state index in [-0.39, 0.29) is 0 Å². The van der Waals surface area contributed by atoms with Crippen molar-refractivity contribution in [2.75, 3.05) is 9.80 Å². The van der Waals surface area contributed by atoms with Crippen molar-refractivity contribution in [3.8, 4) is 66.8 Å². The Balaban J connectivity index is 0.852. The van der Waals surface area contributed by atoms with Gasteiger partial charge in [0.2, 0.25) is 0 Å². The molecular formula is C86H62N2. The minimum atomic E-state index is -0.687. The van der Waals surface area contributed by atoms with Gasteiger partial charge in [0, 0.05) is 39.5 Å². The standard InChI is InChI=1S/C86H62N2/c1-85(2)81-57-68-55-75(87(71-42-33-63(34-43-71)59-21-9-3-10-22-59)72-44-35-64(36-45-72)60-23-11-4-12-24-60)50-41-67(68)56-80(81)79-54-53-78-77-52-51-76(58-82(77)86(84(78)83(79)85,69-29-17-7-18-30-69)70-31-19-8-20-32-70)88(73-46-37-65(38-47-73)61-25-13-5-14-26-61)74-48-39-66(40-49-74)62-27-15-6-16-28-62/h3-58H,1-2H3. The second-order valence-corrected chi connectivity index (χ2v) is 24.0. The summed E-state index contributed by atoms with van der Waals surface area (Å²) in [6.45, 7) is 4.94. The first kappa shape index (κ1) is 52.5. The van der Waals surface area contributed by atoms with Gasteiger partial charge < -0.3 is 9.80 Å². The molecule has 0 spiro atoms. The SMILES string of the molecule is CC1(C)c2cc3cc(N(c4ccc(-c5ccccc5)cc4)c4ccc(-c5ccccc5)cc4)ccc3cc2-c2ccc3c(c21)C(c1ccccc1)(c1ccccc1)c1cc(N(c2ccc(-c4ccccc4)cc2)c2ccc(-c4ccccc4)cc2)ccc1-3. The van der Waals surface area contributed by atoms with Gasteiger partial charge in [0.15, 0.2) is 0 Å². The molecule has 2 heteroatoms. The van der Waals surface area contributed by atoms with Crippen LogP contribution in [-0.4, -0.2) is 0 Å². The lowest BCUT2D eigenvalue weighted by Crippen LogP contribution is -2.32. The van der Waals surface area contributed by atoms with Crippen LogP contribution < -0.4 is 9.80 Å². The molecule has 0 fully saturated rings. The predicted octanol–water partition coefficient (Wildman–Crippen LogP) is 23.1. The van der Waals surface area contributed by atoms with Crippen LogP contribution >= 0.6 is 0 Å². The van der Waals surface area contributed by atoms with Crippen LogP contribution in [0, 0.1) is 0 Å².